The number of rotatable bonds is 3. The van der Waals surface area contributed by atoms with E-state index in [1.165, 1.54) is 29.5 Å². The van der Waals surface area contributed by atoms with Gasteiger partial charge in [-0.3, -0.25) is 0 Å². The second-order valence-corrected chi connectivity index (χ2v) is 4.86. The summed E-state index contributed by atoms with van der Waals surface area (Å²) >= 11 is 0. The molecule has 0 aliphatic heterocycles. The molecule has 0 heterocycles. The Balaban J connectivity index is 2.31. The van der Waals surface area contributed by atoms with Gasteiger partial charge in [-0.1, -0.05) is 6.07 Å². The zero-order valence-corrected chi connectivity index (χ0v) is 10.4. The van der Waals surface area contributed by atoms with E-state index in [1.807, 2.05) is 0 Å². The first-order valence-electron chi connectivity index (χ1n) is 6.02. The zero-order chi connectivity index (χ0) is 11.7. The first kappa shape index (κ1) is 11.5. The van der Waals surface area contributed by atoms with Crippen molar-refractivity contribution in [2.45, 2.75) is 32.6 Å². The van der Waals surface area contributed by atoms with Crippen LogP contribution in [0.15, 0.2) is 12.1 Å². The van der Waals surface area contributed by atoms with Crippen LogP contribution >= 0.6 is 0 Å². The molecule has 2 nitrogen and oxygen atoms in total. The minimum atomic E-state index is 0.676. The van der Waals surface area contributed by atoms with Crippen LogP contribution in [0.5, 0.6) is 5.75 Å². The van der Waals surface area contributed by atoms with Crippen LogP contribution in [0, 0.1) is 19.8 Å². The van der Waals surface area contributed by atoms with Gasteiger partial charge in [0.15, 0.2) is 0 Å². The number of benzene rings is 1. The molecule has 2 unspecified atom stereocenters. The van der Waals surface area contributed by atoms with Gasteiger partial charge in [0.25, 0.3) is 0 Å². The van der Waals surface area contributed by atoms with E-state index in [9.17, 15) is 0 Å². The minimum Gasteiger partial charge on any atom is -0.496 e. The van der Waals surface area contributed by atoms with Gasteiger partial charge in [0.1, 0.15) is 5.75 Å². The van der Waals surface area contributed by atoms with Crippen molar-refractivity contribution < 1.29 is 4.74 Å². The normalized spacial score (nSPS) is 24.0. The van der Waals surface area contributed by atoms with E-state index in [-0.39, 0.29) is 0 Å². The first-order valence-corrected chi connectivity index (χ1v) is 6.02. The maximum absolute atomic E-state index is 5.78. The first-order chi connectivity index (χ1) is 7.67. The van der Waals surface area contributed by atoms with Gasteiger partial charge in [0.2, 0.25) is 0 Å². The van der Waals surface area contributed by atoms with Crippen LogP contribution in [0.25, 0.3) is 0 Å². The second kappa shape index (κ2) is 4.46. The van der Waals surface area contributed by atoms with Crippen LogP contribution in [0.2, 0.25) is 0 Å². The van der Waals surface area contributed by atoms with Crippen molar-refractivity contribution in [2.24, 2.45) is 11.7 Å². The Morgan fingerprint density at radius 1 is 1.25 bits per heavy atom. The van der Waals surface area contributed by atoms with Gasteiger partial charge < -0.3 is 10.5 Å². The van der Waals surface area contributed by atoms with E-state index in [0.717, 1.165) is 12.3 Å². The Hall–Kier alpha value is -1.02. The molecule has 88 valence electrons. The summed E-state index contributed by atoms with van der Waals surface area (Å²) in [6.07, 6.45) is 2.57. The lowest BCUT2D eigenvalue weighted by molar-refractivity contribution is 0.262. The van der Waals surface area contributed by atoms with Crippen molar-refractivity contribution in [3.63, 3.8) is 0 Å². The van der Waals surface area contributed by atoms with Crippen LogP contribution in [0.4, 0.5) is 0 Å². The van der Waals surface area contributed by atoms with Crippen molar-refractivity contribution >= 4 is 0 Å². The molecule has 2 atom stereocenters. The molecule has 0 saturated heterocycles. The summed E-state index contributed by atoms with van der Waals surface area (Å²) in [7, 11) is 1.73. The predicted molar refractivity (Wildman–Crippen MR) is 67.0 cm³/mol. The highest BCUT2D eigenvalue weighted by Crippen LogP contribution is 2.44. The average molecular weight is 219 g/mol. The topological polar surface area (TPSA) is 35.2 Å². The molecule has 1 aliphatic rings. The fraction of sp³-hybridized carbons (Fsp3) is 0.571. The third kappa shape index (κ3) is 1.82. The van der Waals surface area contributed by atoms with Gasteiger partial charge in [0.05, 0.1) is 7.11 Å². The predicted octanol–water partition coefficient (Wildman–Crippen LogP) is 2.76. The largest absolute Gasteiger partial charge is 0.496 e. The fourth-order valence-corrected chi connectivity index (χ4v) is 2.69. The fourth-order valence-electron chi connectivity index (χ4n) is 2.69. The van der Waals surface area contributed by atoms with Crippen LogP contribution in [-0.4, -0.2) is 13.7 Å². The van der Waals surface area contributed by atoms with Gasteiger partial charge in [-0.05, 0) is 67.8 Å². The zero-order valence-electron chi connectivity index (χ0n) is 10.4. The van der Waals surface area contributed by atoms with Gasteiger partial charge in [0, 0.05) is 0 Å². The number of aryl methyl sites for hydroxylation is 2. The lowest BCUT2D eigenvalue weighted by Gasteiger charge is -2.37. The van der Waals surface area contributed by atoms with Crippen molar-refractivity contribution in [1.29, 1.82) is 0 Å². The number of methoxy groups -OCH3 is 1. The lowest BCUT2D eigenvalue weighted by atomic mass is 9.69. The molecule has 1 saturated carbocycles. The van der Waals surface area contributed by atoms with Gasteiger partial charge in [-0.25, -0.2) is 0 Å². The molecule has 2 heteroatoms. The maximum atomic E-state index is 5.78. The Morgan fingerprint density at radius 2 is 2.00 bits per heavy atom. The maximum Gasteiger partial charge on any atom is 0.122 e. The van der Waals surface area contributed by atoms with Crippen LogP contribution in [-0.2, 0) is 0 Å². The molecule has 0 amide bonds. The Kier molecular flexibility index (Phi) is 3.20. The van der Waals surface area contributed by atoms with Crippen LogP contribution in [0.3, 0.4) is 0 Å². The summed E-state index contributed by atoms with van der Waals surface area (Å²) in [4.78, 5) is 0. The van der Waals surface area contributed by atoms with Crippen molar-refractivity contribution in [1.82, 2.24) is 0 Å². The highest BCUT2D eigenvalue weighted by Gasteiger charge is 2.32. The summed E-state index contributed by atoms with van der Waals surface area (Å²) in [6, 6.07) is 4.43. The standard InChI is InChI=1S/C14H21NO/c1-9-7-14(16-3)10(2)6-13(9)12-5-4-11(12)8-15/h6-7,11-12H,4-5,8,15H2,1-3H3. The minimum absolute atomic E-state index is 0.676. The molecular weight excluding hydrogens is 198 g/mol. The van der Waals surface area contributed by atoms with Crippen molar-refractivity contribution in [3.8, 4) is 5.75 Å². The van der Waals surface area contributed by atoms with Gasteiger partial charge in [-0.2, -0.15) is 0 Å². The molecule has 16 heavy (non-hydrogen) atoms. The molecule has 0 radical (unpaired) electrons. The molecule has 2 N–H and O–H groups in total. The second-order valence-electron chi connectivity index (χ2n) is 4.86. The number of nitrogens with two attached hydrogens (primary N) is 1. The third-order valence-electron chi connectivity index (χ3n) is 3.90. The summed E-state index contributed by atoms with van der Waals surface area (Å²) in [5.41, 5.74) is 9.82. The molecule has 1 aromatic rings. The quantitative estimate of drug-likeness (QED) is 0.848. The molecular formula is C14H21NO. The summed E-state index contributed by atoms with van der Waals surface area (Å²) in [5, 5.41) is 0. The number of hydrogen-bond donors (Lipinski definition) is 1. The van der Waals surface area contributed by atoms with E-state index in [4.69, 9.17) is 10.5 Å². The Labute approximate surface area is 97.8 Å². The molecule has 0 aromatic heterocycles. The average Bonchev–Trinajstić information content (AvgIpc) is 2.22. The summed E-state index contributed by atoms with van der Waals surface area (Å²) < 4.78 is 5.34. The Bertz CT molecular complexity index is 385. The highest BCUT2D eigenvalue weighted by molar-refractivity contribution is 5.43. The van der Waals surface area contributed by atoms with Crippen molar-refractivity contribution in [3.05, 3.63) is 28.8 Å². The third-order valence-corrected chi connectivity index (χ3v) is 3.90. The smallest absolute Gasteiger partial charge is 0.122 e. The monoisotopic (exact) mass is 219 g/mol. The molecule has 0 spiro atoms. The van der Waals surface area contributed by atoms with E-state index in [2.05, 4.69) is 26.0 Å². The highest BCUT2D eigenvalue weighted by atomic mass is 16.5. The summed E-state index contributed by atoms with van der Waals surface area (Å²) in [5.74, 6) is 2.35. The molecule has 1 aliphatic carbocycles. The van der Waals surface area contributed by atoms with E-state index in [0.29, 0.717) is 11.8 Å². The number of ether oxygens (including phenoxy) is 1. The van der Waals surface area contributed by atoms with Gasteiger partial charge >= 0.3 is 0 Å². The van der Waals surface area contributed by atoms with Crippen molar-refractivity contribution in [2.75, 3.05) is 13.7 Å². The lowest BCUT2D eigenvalue weighted by Crippen LogP contribution is -2.31. The van der Waals surface area contributed by atoms with E-state index < -0.39 is 0 Å². The van der Waals surface area contributed by atoms with E-state index in [1.54, 1.807) is 7.11 Å². The number of hydrogen-bond acceptors (Lipinski definition) is 2. The Morgan fingerprint density at radius 3 is 2.50 bits per heavy atom. The SMILES string of the molecule is COc1cc(C)c(C2CCC2CN)cc1C. The molecule has 0 bridgehead atoms. The van der Waals surface area contributed by atoms with E-state index >= 15 is 0 Å². The molecule has 1 aromatic carbocycles. The molecule has 1 fully saturated rings. The van der Waals surface area contributed by atoms with Gasteiger partial charge in [-0.15, -0.1) is 0 Å². The van der Waals surface area contributed by atoms with Crippen LogP contribution in [0.1, 0.15) is 35.4 Å². The van der Waals surface area contributed by atoms with Crippen LogP contribution < -0.4 is 10.5 Å². The molecule has 2 rings (SSSR count). The summed E-state index contributed by atoms with van der Waals surface area (Å²) in [6.45, 7) is 5.09.